The Bertz CT molecular complexity index is 531. The van der Waals surface area contributed by atoms with Gasteiger partial charge in [-0.2, -0.15) is 0 Å². The minimum atomic E-state index is -1.92. The smallest absolute Gasteiger partial charge is 0.342 e. The van der Waals surface area contributed by atoms with Gasteiger partial charge in [0.05, 0.1) is 12.1 Å². The summed E-state index contributed by atoms with van der Waals surface area (Å²) in [6.07, 6.45) is 1.18. The van der Waals surface area contributed by atoms with Gasteiger partial charge in [0.15, 0.2) is 0 Å². The molecule has 7 heteroatoms. The highest BCUT2D eigenvalue weighted by Crippen LogP contribution is 2.30. The van der Waals surface area contributed by atoms with Crippen LogP contribution in [0.25, 0.3) is 0 Å². The fourth-order valence-electron chi connectivity index (χ4n) is 3.50. The van der Waals surface area contributed by atoms with Crippen molar-refractivity contribution in [1.82, 2.24) is 4.90 Å². The summed E-state index contributed by atoms with van der Waals surface area (Å²) in [5.74, 6) is -1.89. The Hall–Kier alpha value is -1.44. The van der Waals surface area contributed by atoms with Crippen LogP contribution in [-0.4, -0.2) is 70.6 Å². The lowest BCUT2D eigenvalue weighted by Gasteiger charge is -2.34. The van der Waals surface area contributed by atoms with E-state index in [4.69, 9.17) is 9.47 Å². The molecule has 0 saturated carbocycles. The first-order valence-corrected chi connectivity index (χ1v) is 8.35. The van der Waals surface area contributed by atoms with Gasteiger partial charge in [0.2, 0.25) is 5.60 Å². The predicted octanol–water partition coefficient (Wildman–Crippen LogP) is 0.244. The first-order chi connectivity index (χ1) is 11.2. The van der Waals surface area contributed by atoms with Gasteiger partial charge in [-0.15, -0.1) is 0 Å². The van der Waals surface area contributed by atoms with Gasteiger partial charge in [0.25, 0.3) is 0 Å². The van der Waals surface area contributed by atoms with Crippen LogP contribution in [0.5, 0.6) is 0 Å². The molecule has 2 N–H and O–H groups in total. The molecule has 0 bridgehead atoms. The van der Waals surface area contributed by atoms with E-state index in [1.165, 1.54) is 13.8 Å². The standard InChI is InChI=1S/C17H27NO6/c1-10(2)17(22,11(3)24-12(4)19)16(21)23-9-13-5-7-18-8-6-14(20)15(13)18/h5,10-11,14-15,20,22H,6-9H2,1-4H3. The molecule has 0 spiro atoms. The van der Waals surface area contributed by atoms with Crippen molar-refractivity contribution in [3.63, 3.8) is 0 Å². The zero-order valence-corrected chi connectivity index (χ0v) is 14.7. The molecule has 0 aliphatic carbocycles. The third kappa shape index (κ3) is 3.48. The molecule has 2 aliphatic rings. The van der Waals surface area contributed by atoms with Gasteiger partial charge in [0, 0.05) is 20.0 Å². The number of fused-ring (bicyclic) bond motifs is 1. The lowest BCUT2D eigenvalue weighted by molar-refractivity contribution is -0.192. The maximum Gasteiger partial charge on any atom is 0.342 e. The highest BCUT2D eigenvalue weighted by Gasteiger charge is 2.48. The van der Waals surface area contributed by atoms with E-state index in [2.05, 4.69) is 4.90 Å². The van der Waals surface area contributed by atoms with E-state index in [9.17, 15) is 19.8 Å². The maximum absolute atomic E-state index is 12.5. The molecule has 2 heterocycles. The van der Waals surface area contributed by atoms with Crippen molar-refractivity contribution < 1.29 is 29.3 Å². The fraction of sp³-hybridized carbons (Fsp3) is 0.765. The fourth-order valence-corrected chi connectivity index (χ4v) is 3.50. The van der Waals surface area contributed by atoms with Crippen LogP contribution in [0.15, 0.2) is 11.6 Å². The minimum Gasteiger partial charge on any atom is -0.459 e. The minimum absolute atomic E-state index is 0.0128. The van der Waals surface area contributed by atoms with Crippen molar-refractivity contribution in [2.45, 2.75) is 58.0 Å². The Balaban J connectivity index is 2.02. The lowest BCUT2D eigenvalue weighted by atomic mass is 9.85. The monoisotopic (exact) mass is 341 g/mol. The number of esters is 2. The zero-order valence-electron chi connectivity index (χ0n) is 14.7. The molecule has 2 rings (SSSR count). The van der Waals surface area contributed by atoms with Gasteiger partial charge in [-0.1, -0.05) is 19.9 Å². The summed E-state index contributed by atoms with van der Waals surface area (Å²) in [6, 6.07) is -0.115. The predicted molar refractivity (Wildman–Crippen MR) is 86.0 cm³/mol. The molecule has 0 radical (unpaired) electrons. The van der Waals surface area contributed by atoms with Crippen LogP contribution in [0.1, 0.15) is 34.1 Å². The summed E-state index contributed by atoms with van der Waals surface area (Å²) in [4.78, 5) is 25.8. The molecule has 2 aliphatic heterocycles. The summed E-state index contributed by atoms with van der Waals surface area (Å²) in [5.41, 5.74) is -1.07. The molecule has 0 aromatic rings. The number of nitrogens with zero attached hydrogens (tertiary/aromatic N) is 1. The Labute approximate surface area is 142 Å². The number of aliphatic hydroxyl groups is 2. The first kappa shape index (κ1) is 18.9. The molecule has 1 saturated heterocycles. The van der Waals surface area contributed by atoms with E-state index >= 15 is 0 Å². The van der Waals surface area contributed by atoms with Crippen molar-refractivity contribution in [3.8, 4) is 0 Å². The van der Waals surface area contributed by atoms with Crippen LogP contribution >= 0.6 is 0 Å². The molecule has 0 aromatic heterocycles. The average Bonchev–Trinajstić information content (AvgIpc) is 3.06. The number of carbonyl (C=O) groups is 2. The van der Waals surface area contributed by atoms with E-state index in [0.29, 0.717) is 6.42 Å². The van der Waals surface area contributed by atoms with E-state index < -0.39 is 35.7 Å². The number of hydrogen-bond donors (Lipinski definition) is 2. The van der Waals surface area contributed by atoms with Crippen LogP contribution < -0.4 is 0 Å². The number of hydrogen-bond acceptors (Lipinski definition) is 7. The number of carbonyl (C=O) groups excluding carboxylic acids is 2. The molecule has 7 nitrogen and oxygen atoms in total. The van der Waals surface area contributed by atoms with Crippen molar-refractivity contribution in [2.75, 3.05) is 19.7 Å². The van der Waals surface area contributed by atoms with E-state index in [1.54, 1.807) is 13.8 Å². The molecule has 4 unspecified atom stereocenters. The van der Waals surface area contributed by atoms with Crippen molar-refractivity contribution in [3.05, 3.63) is 11.6 Å². The van der Waals surface area contributed by atoms with Crippen molar-refractivity contribution in [2.24, 2.45) is 5.92 Å². The number of aliphatic hydroxyl groups excluding tert-OH is 1. The van der Waals surface area contributed by atoms with Crippen molar-refractivity contribution in [1.29, 1.82) is 0 Å². The summed E-state index contributed by atoms with van der Waals surface area (Å²) in [5, 5.41) is 20.8. The van der Waals surface area contributed by atoms with E-state index in [0.717, 1.165) is 18.7 Å². The van der Waals surface area contributed by atoms with Gasteiger partial charge in [-0.25, -0.2) is 4.79 Å². The highest BCUT2D eigenvalue weighted by molar-refractivity contribution is 5.81. The second-order valence-corrected chi connectivity index (χ2v) is 6.88. The van der Waals surface area contributed by atoms with Gasteiger partial charge in [-0.3, -0.25) is 9.69 Å². The Morgan fingerprint density at radius 1 is 1.42 bits per heavy atom. The van der Waals surface area contributed by atoms with Gasteiger partial charge in [-0.05, 0) is 24.8 Å². The van der Waals surface area contributed by atoms with E-state index in [1.807, 2.05) is 6.08 Å². The van der Waals surface area contributed by atoms with Gasteiger partial charge >= 0.3 is 11.9 Å². The Morgan fingerprint density at radius 3 is 2.67 bits per heavy atom. The van der Waals surface area contributed by atoms with Crippen molar-refractivity contribution >= 4 is 11.9 Å². The average molecular weight is 341 g/mol. The number of rotatable bonds is 6. The molecule has 1 fully saturated rings. The zero-order chi connectivity index (χ0) is 18.1. The molecule has 0 aromatic carbocycles. The SMILES string of the molecule is CC(=O)OC(C)C(O)(C(=O)OCC1=CCN2CCC(O)C12)C(C)C. The molecular formula is C17H27NO6. The maximum atomic E-state index is 12.5. The molecule has 24 heavy (non-hydrogen) atoms. The van der Waals surface area contributed by atoms with Crippen LogP contribution in [0, 0.1) is 5.92 Å². The summed E-state index contributed by atoms with van der Waals surface area (Å²) < 4.78 is 10.3. The molecule has 136 valence electrons. The van der Waals surface area contributed by atoms with Crippen LogP contribution in [-0.2, 0) is 19.1 Å². The summed E-state index contributed by atoms with van der Waals surface area (Å²) >= 11 is 0. The van der Waals surface area contributed by atoms with E-state index in [-0.39, 0.29) is 12.6 Å². The first-order valence-electron chi connectivity index (χ1n) is 8.35. The lowest BCUT2D eigenvalue weighted by Crippen LogP contribution is -2.55. The summed E-state index contributed by atoms with van der Waals surface area (Å²) in [6.45, 7) is 7.59. The normalized spacial score (nSPS) is 27.4. The van der Waals surface area contributed by atoms with Crippen LogP contribution in [0.2, 0.25) is 0 Å². The Kier molecular flexibility index (Phi) is 5.67. The number of ether oxygens (including phenoxy) is 2. The van der Waals surface area contributed by atoms with Crippen LogP contribution in [0.4, 0.5) is 0 Å². The quantitative estimate of drug-likeness (QED) is 0.528. The Morgan fingerprint density at radius 2 is 2.08 bits per heavy atom. The third-order valence-electron chi connectivity index (χ3n) is 4.98. The highest BCUT2D eigenvalue weighted by atomic mass is 16.6. The van der Waals surface area contributed by atoms with Gasteiger partial charge < -0.3 is 19.7 Å². The second kappa shape index (κ2) is 7.21. The van der Waals surface area contributed by atoms with Gasteiger partial charge in [0.1, 0.15) is 12.7 Å². The topological polar surface area (TPSA) is 96.3 Å². The largest absolute Gasteiger partial charge is 0.459 e. The molecular weight excluding hydrogens is 314 g/mol. The molecule has 0 amide bonds. The second-order valence-electron chi connectivity index (χ2n) is 6.88. The van der Waals surface area contributed by atoms with Crippen LogP contribution in [0.3, 0.4) is 0 Å². The summed E-state index contributed by atoms with van der Waals surface area (Å²) in [7, 11) is 0. The molecule has 4 atom stereocenters. The third-order valence-corrected chi connectivity index (χ3v) is 4.98.